The largest absolute Gasteiger partial charge is 0.346 e. The first-order valence-corrected chi connectivity index (χ1v) is 10.7. The Kier molecular flexibility index (Phi) is 5.39. The fourth-order valence-corrected chi connectivity index (χ4v) is 3.99. The fourth-order valence-electron chi connectivity index (χ4n) is 2.90. The SMILES string of the molecule is CCc1nc2ccc(C(=O)NCc3cc(NS(=O)C4CC4)ccn3)cc2[nH]c1=O. The summed E-state index contributed by atoms with van der Waals surface area (Å²) >= 11 is 0. The molecule has 1 unspecified atom stereocenters. The number of nitrogens with zero attached hydrogens (tertiary/aromatic N) is 2. The molecule has 29 heavy (non-hydrogen) atoms. The van der Waals surface area contributed by atoms with E-state index in [1.807, 2.05) is 6.92 Å². The van der Waals surface area contributed by atoms with Gasteiger partial charge in [0.25, 0.3) is 11.5 Å². The van der Waals surface area contributed by atoms with Crippen LogP contribution in [-0.2, 0) is 24.0 Å². The molecular weight excluding hydrogens is 390 g/mol. The van der Waals surface area contributed by atoms with E-state index in [9.17, 15) is 13.8 Å². The van der Waals surface area contributed by atoms with Gasteiger partial charge >= 0.3 is 0 Å². The first-order valence-electron chi connectivity index (χ1n) is 9.47. The minimum absolute atomic E-state index is 0.228. The Hall–Kier alpha value is -3.07. The summed E-state index contributed by atoms with van der Waals surface area (Å²) in [6.07, 6.45) is 4.13. The average molecular weight is 411 g/mol. The maximum Gasteiger partial charge on any atom is 0.270 e. The van der Waals surface area contributed by atoms with E-state index in [4.69, 9.17) is 0 Å². The van der Waals surface area contributed by atoms with Gasteiger partial charge in [-0.1, -0.05) is 6.92 Å². The van der Waals surface area contributed by atoms with Gasteiger partial charge in [0.05, 0.1) is 28.5 Å². The summed E-state index contributed by atoms with van der Waals surface area (Å²) in [5, 5.41) is 3.05. The number of carbonyl (C=O) groups is 1. The average Bonchev–Trinajstić information content (AvgIpc) is 3.57. The van der Waals surface area contributed by atoms with Crippen molar-refractivity contribution in [3.05, 3.63) is 63.8 Å². The van der Waals surface area contributed by atoms with Gasteiger partial charge in [-0.3, -0.25) is 14.6 Å². The van der Waals surface area contributed by atoms with Crippen LogP contribution in [0.2, 0.25) is 0 Å². The number of aromatic nitrogens is 3. The zero-order valence-electron chi connectivity index (χ0n) is 15.9. The lowest BCUT2D eigenvalue weighted by molar-refractivity contribution is 0.0950. The summed E-state index contributed by atoms with van der Waals surface area (Å²) in [7, 11) is -1.08. The molecule has 0 saturated heterocycles. The molecule has 3 aromatic rings. The standard InChI is InChI=1S/C20H21N5O3S/c1-2-16-20(27)24-18-9-12(3-6-17(18)23-16)19(26)22-11-14-10-13(7-8-21-14)25-29(28)15-4-5-15/h3,6-10,15H,2,4-5,11H2,1H3,(H,21,25)(H,22,26)(H,24,27). The van der Waals surface area contributed by atoms with Crippen LogP contribution >= 0.6 is 0 Å². The van der Waals surface area contributed by atoms with Crippen molar-refractivity contribution in [2.45, 2.75) is 38.0 Å². The monoisotopic (exact) mass is 411 g/mol. The normalized spacial score (nSPS) is 14.5. The molecule has 2 heterocycles. The number of carbonyl (C=O) groups excluding carboxylic acids is 1. The number of amides is 1. The Morgan fingerprint density at radius 1 is 1.28 bits per heavy atom. The Morgan fingerprint density at radius 2 is 2.10 bits per heavy atom. The maximum absolute atomic E-state index is 12.5. The van der Waals surface area contributed by atoms with Gasteiger partial charge in [-0.05, 0) is 49.6 Å². The van der Waals surface area contributed by atoms with E-state index in [1.54, 1.807) is 36.5 Å². The van der Waals surface area contributed by atoms with Crippen molar-refractivity contribution >= 4 is 33.6 Å². The number of anilines is 1. The smallest absolute Gasteiger partial charge is 0.270 e. The van der Waals surface area contributed by atoms with E-state index in [0.29, 0.717) is 34.4 Å². The molecule has 9 heteroatoms. The van der Waals surface area contributed by atoms with Crippen molar-refractivity contribution in [2.75, 3.05) is 4.72 Å². The quantitative estimate of drug-likeness (QED) is 0.550. The molecule has 1 aromatic carbocycles. The number of pyridine rings is 1. The van der Waals surface area contributed by atoms with E-state index >= 15 is 0 Å². The van der Waals surface area contributed by atoms with Crippen LogP contribution in [0.4, 0.5) is 5.69 Å². The van der Waals surface area contributed by atoms with Crippen LogP contribution in [-0.4, -0.2) is 30.3 Å². The minimum Gasteiger partial charge on any atom is -0.346 e. The number of H-pyrrole nitrogens is 1. The van der Waals surface area contributed by atoms with Crippen LogP contribution in [0.1, 0.15) is 41.5 Å². The lowest BCUT2D eigenvalue weighted by Crippen LogP contribution is -2.23. The number of fused-ring (bicyclic) bond motifs is 1. The van der Waals surface area contributed by atoms with Crippen molar-refractivity contribution in [1.29, 1.82) is 0 Å². The minimum atomic E-state index is -1.08. The van der Waals surface area contributed by atoms with Crippen molar-refractivity contribution in [3.63, 3.8) is 0 Å². The second-order valence-electron chi connectivity index (χ2n) is 6.92. The first-order chi connectivity index (χ1) is 14.0. The highest BCUT2D eigenvalue weighted by molar-refractivity contribution is 7.87. The Labute approximate surface area is 169 Å². The van der Waals surface area contributed by atoms with Crippen molar-refractivity contribution < 1.29 is 9.00 Å². The summed E-state index contributed by atoms with van der Waals surface area (Å²) in [6.45, 7) is 2.10. The van der Waals surface area contributed by atoms with Gasteiger partial charge in [-0.25, -0.2) is 9.19 Å². The Morgan fingerprint density at radius 3 is 2.86 bits per heavy atom. The van der Waals surface area contributed by atoms with Crippen LogP contribution < -0.4 is 15.6 Å². The summed E-state index contributed by atoms with van der Waals surface area (Å²) in [6, 6.07) is 8.53. The van der Waals surface area contributed by atoms with Gasteiger partial charge in [0.15, 0.2) is 0 Å². The van der Waals surface area contributed by atoms with E-state index in [0.717, 1.165) is 18.5 Å². The maximum atomic E-state index is 12.5. The summed E-state index contributed by atoms with van der Waals surface area (Å²) < 4.78 is 15.0. The van der Waals surface area contributed by atoms with Crippen molar-refractivity contribution in [2.24, 2.45) is 0 Å². The summed E-state index contributed by atoms with van der Waals surface area (Å²) in [5.41, 5.74) is 3.18. The molecular formula is C20H21N5O3S. The molecule has 8 nitrogen and oxygen atoms in total. The van der Waals surface area contributed by atoms with Crippen LogP contribution in [0.3, 0.4) is 0 Å². The number of rotatable bonds is 7. The lowest BCUT2D eigenvalue weighted by Gasteiger charge is -2.09. The van der Waals surface area contributed by atoms with Crippen LogP contribution in [0.25, 0.3) is 11.0 Å². The lowest BCUT2D eigenvalue weighted by atomic mass is 10.1. The van der Waals surface area contributed by atoms with Gasteiger partial charge in [0, 0.05) is 17.4 Å². The molecule has 1 amide bonds. The van der Waals surface area contributed by atoms with Crippen LogP contribution in [0, 0.1) is 0 Å². The molecule has 1 atom stereocenters. The van der Waals surface area contributed by atoms with Gasteiger partial charge in [-0.15, -0.1) is 0 Å². The second-order valence-corrected chi connectivity index (χ2v) is 8.38. The van der Waals surface area contributed by atoms with Crippen molar-refractivity contribution in [3.8, 4) is 0 Å². The van der Waals surface area contributed by atoms with Crippen LogP contribution in [0.5, 0.6) is 0 Å². The van der Waals surface area contributed by atoms with Crippen molar-refractivity contribution in [1.82, 2.24) is 20.3 Å². The second kappa shape index (κ2) is 8.12. The third kappa shape index (κ3) is 4.51. The number of benzene rings is 1. The molecule has 0 spiro atoms. The fraction of sp³-hybridized carbons (Fsp3) is 0.300. The molecule has 4 rings (SSSR count). The predicted molar refractivity (Wildman–Crippen MR) is 112 cm³/mol. The van der Waals surface area contributed by atoms with Gasteiger partial charge in [0.1, 0.15) is 16.7 Å². The number of aryl methyl sites for hydroxylation is 1. The van der Waals surface area contributed by atoms with E-state index in [2.05, 4.69) is 25.0 Å². The molecule has 0 radical (unpaired) electrons. The highest BCUT2D eigenvalue weighted by Gasteiger charge is 2.28. The third-order valence-electron chi connectivity index (χ3n) is 4.65. The third-order valence-corrected chi connectivity index (χ3v) is 6.17. The summed E-state index contributed by atoms with van der Waals surface area (Å²) in [5.74, 6) is -0.283. The molecule has 1 fully saturated rings. The van der Waals surface area contributed by atoms with E-state index < -0.39 is 11.0 Å². The Balaban J connectivity index is 1.44. The zero-order chi connectivity index (χ0) is 20.4. The molecule has 0 aliphatic heterocycles. The molecule has 1 aliphatic carbocycles. The molecule has 0 bridgehead atoms. The zero-order valence-corrected chi connectivity index (χ0v) is 16.7. The molecule has 1 aliphatic rings. The Bertz CT molecular complexity index is 1160. The predicted octanol–water partition coefficient (Wildman–Crippen LogP) is 2.05. The van der Waals surface area contributed by atoms with E-state index in [1.165, 1.54) is 0 Å². The first kappa shape index (κ1) is 19.3. The van der Waals surface area contributed by atoms with Crippen LogP contribution in [0.15, 0.2) is 41.3 Å². The highest BCUT2D eigenvalue weighted by Crippen LogP contribution is 2.27. The number of aromatic amines is 1. The molecule has 3 N–H and O–H groups in total. The molecule has 1 saturated carbocycles. The van der Waals surface area contributed by atoms with E-state index in [-0.39, 0.29) is 23.3 Å². The molecule has 150 valence electrons. The number of hydrogen-bond donors (Lipinski definition) is 3. The highest BCUT2D eigenvalue weighted by atomic mass is 32.2. The number of nitrogens with one attached hydrogen (secondary N) is 3. The number of hydrogen-bond acceptors (Lipinski definition) is 5. The van der Waals surface area contributed by atoms with Gasteiger partial charge in [-0.2, -0.15) is 0 Å². The topological polar surface area (TPSA) is 117 Å². The van der Waals surface area contributed by atoms with Gasteiger partial charge < -0.3 is 15.0 Å². The summed E-state index contributed by atoms with van der Waals surface area (Å²) in [4.78, 5) is 35.8. The van der Waals surface area contributed by atoms with Gasteiger partial charge in [0.2, 0.25) is 0 Å². The molecule has 2 aromatic heterocycles.